The summed E-state index contributed by atoms with van der Waals surface area (Å²) in [6, 6.07) is 0.156. The van der Waals surface area contributed by atoms with E-state index in [4.69, 9.17) is 4.52 Å². The zero-order valence-corrected chi connectivity index (χ0v) is 12.4. The van der Waals surface area contributed by atoms with Crippen molar-refractivity contribution < 1.29 is 9.32 Å². The van der Waals surface area contributed by atoms with Crippen LogP contribution in [0.5, 0.6) is 0 Å². The molecule has 0 aliphatic heterocycles. The standard InChI is InChI=1S/C13H24N4O2/c1-9(2)6-13-15-11(16-19-13)7-17(5)8-12(18)14-10(3)4/h9-10H,6-8H2,1-5H3,(H,14,18). The van der Waals surface area contributed by atoms with Crippen LogP contribution in [-0.2, 0) is 17.8 Å². The lowest BCUT2D eigenvalue weighted by atomic mass is 10.1. The lowest BCUT2D eigenvalue weighted by Crippen LogP contribution is -2.38. The monoisotopic (exact) mass is 268 g/mol. The first kappa shape index (κ1) is 15.6. The summed E-state index contributed by atoms with van der Waals surface area (Å²) in [6.07, 6.45) is 0.782. The Morgan fingerprint density at radius 3 is 2.63 bits per heavy atom. The molecule has 0 aliphatic rings. The summed E-state index contributed by atoms with van der Waals surface area (Å²) in [4.78, 5) is 17.8. The second-order valence-corrected chi connectivity index (χ2v) is 5.60. The fourth-order valence-electron chi connectivity index (χ4n) is 1.70. The molecular weight excluding hydrogens is 244 g/mol. The molecule has 108 valence electrons. The Morgan fingerprint density at radius 2 is 2.05 bits per heavy atom. The lowest BCUT2D eigenvalue weighted by molar-refractivity contribution is -0.122. The van der Waals surface area contributed by atoms with Crippen molar-refractivity contribution in [3.8, 4) is 0 Å². The molecule has 1 heterocycles. The Kier molecular flexibility index (Phi) is 5.95. The van der Waals surface area contributed by atoms with Crippen molar-refractivity contribution in [2.24, 2.45) is 5.92 Å². The molecule has 0 saturated heterocycles. The van der Waals surface area contributed by atoms with Gasteiger partial charge in [0, 0.05) is 12.5 Å². The Bertz CT molecular complexity index is 401. The smallest absolute Gasteiger partial charge is 0.234 e. The van der Waals surface area contributed by atoms with E-state index in [0.717, 1.165) is 6.42 Å². The molecule has 0 bridgehead atoms. The number of carbonyl (C=O) groups is 1. The van der Waals surface area contributed by atoms with Crippen LogP contribution >= 0.6 is 0 Å². The maximum atomic E-state index is 11.6. The van der Waals surface area contributed by atoms with Gasteiger partial charge in [0.25, 0.3) is 0 Å². The third-order valence-corrected chi connectivity index (χ3v) is 2.37. The highest BCUT2D eigenvalue weighted by Crippen LogP contribution is 2.06. The summed E-state index contributed by atoms with van der Waals surface area (Å²) < 4.78 is 5.16. The largest absolute Gasteiger partial charge is 0.353 e. The van der Waals surface area contributed by atoms with Gasteiger partial charge in [0.15, 0.2) is 5.82 Å². The van der Waals surface area contributed by atoms with Crippen LogP contribution in [0.15, 0.2) is 4.52 Å². The van der Waals surface area contributed by atoms with Crippen LogP contribution < -0.4 is 5.32 Å². The van der Waals surface area contributed by atoms with Crippen LogP contribution in [0.4, 0.5) is 0 Å². The van der Waals surface area contributed by atoms with E-state index < -0.39 is 0 Å². The van der Waals surface area contributed by atoms with Gasteiger partial charge in [-0.1, -0.05) is 19.0 Å². The molecule has 0 saturated carbocycles. The van der Waals surface area contributed by atoms with Gasteiger partial charge < -0.3 is 9.84 Å². The van der Waals surface area contributed by atoms with E-state index in [2.05, 4.69) is 29.3 Å². The summed E-state index contributed by atoms with van der Waals surface area (Å²) in [5, 5.41) is 6.76. The predicted octanol–water partition coefficient (Wildman–Crippen LogP) is 1.22. The molecule has 1 aromatic rings. The molecule has 0 aromatic carbocycles. The zero-order valence-electron chi connectivity index (χ0n) is 12.4. The summed E-state index contributed by atoms with van der Waals surface area (Å²) in [5.41, 5.74) is 0. The van der Waals surface area contributed by atoms with Crippen molar-refractivity contribution in [3.05, 3.63) is 11.7 Å². The number of carbonyl (C=O) groups excluding carboxylic acids is 1. The highest BCUT2D eigenvalue weighted by molar-refractivity contribution is 5.78. The number of hydrogen-bond acceptors (Lipinski definition) is 5. The maximum absolute atomic E-state index is 11.6. The molecule has 1 amide bonds. The van der Waals surface area contributed by atoms with Gasteiger partial charge in [0.05, 0.1) is 13.1 Å². The van der Waals surface area contributed by atoms with Crippen molar-refractivity contribution in [1.29, 1.82) is 0 Å². The van der Waals surface area contributed by atoms with Crippen LogP contribution in [0.3, 0.4) is 0 Å². The van der Waals surface area contributed by atoms with Gasteiger partial charge in [-0.15, -0.1) is 0 Å². The topological polar surface area (TPSA) is 71.3 Å². The van der Waals surface area contributed by atoms with Crippen LogP contribution in [0.25, 0.3) is 0 Å². The maximum Gasteiger partial charge on any atom is 0.234 e. The molecule has 0 aliphatic carbocycles. The summed E-state index contributed by atoms with van der Waals surface area (Å²) in [6.45, 7) is 8.92. The van der Waals surface area contributed by atoms with Gasteiger partial charge >= 0.3 is 0 Å². The summed E-state index contributed by atoms with van der Waals surface area (Å²) in [5.74, 6) is 1.77. The highest BCUT2D eigenvalue weighted by Gasteiger charge is 2.12. The second-order valence-electron chi connectivity index (χ2n) is 5.60. The van der Waals surface area contributed by atoms with Crippen LogP contribution in [0.2, 0.25) is 0 Å². The number of amides is 1. The fraction of sp³-hybridized carbons (Fsp3) is 0.769. The number of likely N-dealkylation sites (N-methyl/N-ethyl adjacent to an activating group) is 1. The van der Waals surface area contributed by atoms with E-state index in [1.54, 1.807) is 0 Å². The molecule has 1 N–H and O–H groups in total. The van der Waals surface area contributed by atoms with Gasteiger partial charge in [-0.3, -0.25) is 9.69 Å². The Balaban J connectivity index is 2.41. The van der Waals surface area contributed by atoms with Crippen LogP contribution in [0.1, 0.15) is 39.4 Å². The predicted molar refractivity (Wildman–Crippen MR) is 72.5 cm³/mol. The number of rotatable bonds is 7. The molecule has 0 atom stereocenters. The Hall–Kier alpha value is -1.43. The van der Waals surface area contributed by atoms with Gasteiger partial charge in [0.2, 0.25) is 11.8 Å². The van der Waals surface area contributed by atoms with E-state index in [1.807, 2.05) is 25.8 Å². The number of nitrogens with zero attached hydrogens (tertiary/aromatic N) is 3. The molecule has 19 heavy (non-hydrogen) atoms. The number of aromatic nitrogens is 2. The Morgan fingerprint density at radius 1 is 1.37 bits per heavy atom. The van der Waals surface area contributed by atoms with E-state index in [-0.39, 0.29) is 11.9 Å². The van der Waals surface area contributed by atoms with Gasteiger partial charge in [-0.2, -0.15) is 4.98 Å². The average Bonchev–Trinajstić information content (AvgIpc) is 2.62. The summed E-state index contributed by atoms with van der Waals surface area (Å²) in [7, 11) is 1.86. The minimum Gasteiger partial charge on any atom is -0.353 e. The molecule has 0 unspecified atom stereocenters. The third kappa shape index (κ3) is 6.33. The minimum absolute atomic E-state index is 0.00315. The van der Waals surface area contributed by atoms with Crippen molar-refractivity contribution in [2.45, 2.75) is 46.7 Å². The Labute approximate surface area is 114 Å². The van der Waals surface area contributed by atoms with Gasteiger partial charge in [-0.05, 0) is 26.8 Å². The first-order chi connectivity index (χ1) is 8.86. The molecule has 1 rings (SSSR count). The first-order valence-electron chi connectivity index (χ1n) is 6.66. The molecular formula is C13H24N4O2. The van der Waals surface area contributed by atoms with Crippen molar-refractivity contribution in [2.75, 3.05) is 13.6 Å². The molecule has 6 heteroatoms. The third-order valence-electron chi connectivity index (χ3n) is 2.37. The number of nitrogens with one attached hydrogen (secondary N) is 1. The molecule has 1 aromatic heterocycles. The van der Waals surface area contributed by atoms with Crippen LogP contribution in [-0.4, -0.2) is 40.6 Å². The first-order valence-corrected chi connectivity index (χ1v) is 6.66. The van der Waals surface area contributed by atoms with Gasteiger partial charge in [0.1, 0.15) is 0 Å². The minimum atomic E-state index is 0.00315. The van der Waals surface area contributed by atoms with E-state index in [9.17, 15) is 4.79 Å². The van der Waals surface area contributed by atoms with E-state index in [0.29, 0.717) is 30.7 Å². The highest BCUT2D eigenvalue weighted by atomic mass is 16.5. The van der Waals surface area contributed by atoms with E-state index >= 15 is 0 Å². The average molecular weight is 268 g/mol. The lowest BCUT2D eigenvalue weighted by Gasteiger charge is -2.15. The van der Waals surface area contributed by atoms with Crippen molar-refractivity contribution >= 4 is 5.91 Å². The number of hydrogen-bond donors (Lipinski definition) is 1. The van der Waals surface area contributed by atoms with E-state index in [1.165, 1.54) is 0 Å². The van der Waals surface area contributed by atoms with Crippen LogP contribution in [0, 0.1) is 5.92 Å². The molecule has 0 fully saturated rings. The quantitative estimate of drug-likeness (QED) is 0.805. The summed E-state index contributed by atoms with van der Waals surface area (Å²) >= 11 is 0. The fourth-order valence-corrected chi connectivity index (χ4v) is 1.70. The van der Waals surface area contributed by atoms with Gasteiger partial charge in [-0.25, -0.2) is 0 Å². The molecule has 0 spiro atoms. The normalized spacial score (nSPS) is 11.6. The second kappa shape index (κ2) is 7.23. The molecule has 6 nitrogen and oxygen atoms in total. The van der Waals surface area contributed by atoms with Crippen molar-refractivity contribution in [3.63, 3.8) is 0 Å². The molecule has 0 radical (unpaired) electrons. The SMILES string of the molecule is CC(C)Cc1nc(CN(C)CC(=O)NC(C)C)no1. The zero-order chi connectivity index (χ0) is 14.4. The van der Waals surface area contributed by atoms with Crippen molar-refractivity contribution in [1.82, 2.24) is 20.4 Å².